The van der Waals surface area contributed by atoms with Gasteiger partial charge in [-0.05, 0) is 42.5 Å². The van der Waals surface area contributed by atoms with Gasteiger partial charge in [-0.2, -0.15) is 0 Å². The van der Waals surface area contributed by atoms with Crippen molar-refractivity contribution in [2.75, 3.05) is 12.4 Å². The number of amides is 1. The van der Waals surface area contributed by atoms with E-state index >= 15 is 0 Å². The smallest absolute Gasteiger partial charge is 0.221 e. The van der Waals surface area contributed by atoms with E-state index in [1.807, 2.05) is 59.3 Å². The number of carbonyl (C=O) groups excluding carboxylic acids is 1. The van der Waals surface area contributed by atoms with Crippen molar-refractivity contribution in [3.63, 3.8) is 0 Å². The van der Waals surface area contributed by atoms with Crippen LogP contribution in [0, 0.1) is 0 Å². The lowest BCUT2D eigenvalue weighted by molar-refractivity contribution is -0.114. The molecule has 0 fully saturated rings. The van der Waals surface area contributed by atoms with Crippen LogP contribution in [0.5, 0.6) is 5.75 Å². The number of ether oxygens (including phenoxy) is 1. The number of rotatable bonds is 4. The predicted octanol–water partition coefficient (Wildman–Crippen LogP) is 3.51. The minimum absolute atomic E-state index is 0.0910. The molecule has 23 heavy (non-hydrogen) atoms. The molecular weight excluding hydrogens is 290 g/mol. The molecule has 0 unspecified atom stereocenters. The maximum absolute atomic E-state index is 11.2. The maximum Gasteiger partial charge on any atom is 0.221 e. The Morgan fingerprint density at radius 2 is 1.96 bits per heavy atom. The summed E-state index contributed by atoms with van der Waals surface area (Å²) in [6.07, 6.45) is 3.71. The van der Waals surface area contributed by atoms with Crippen LogP contribution in [0.2, 0.25) is 0 Å². The SMILES string of the molecule is COc1ccc(-c2cn(-c3cccc(NC(C)=O)c3)cn2)cc1. The molecule has 3 aromatic rings. The molecule has 5 nitrogen and oxygen atoms in total. The zero-order chi connectivity index (χ0) is 16.2. The van der Waals surface area contributed by atoms with E-state index in [1.165, 1.54) is 6.92 Å². The lowest BCUT2D eigenvalue weighted by atomic mass is 10.1. The van der Waals surface area contributed by atoms with Crippen LogP contribution in [0.3, 0.4) is 0 Å². The average molecular weight is 307 g/mol. The van der Waals surface area contributed by atoms with Crippen molar-refractivity contribution in [2.45, 2.75) is 6.92 Å². The average Bonchev–Trinajstić information content (AvgIpc) is 3.04. The minimum atomic E-state index is -0.0910. The largest absolute Gasteiger partial charge is 0.497 e. The van der Waals surface area contributed by atoms with Crippen LogP contribution in [0.15, 0.2) is 61.1 Å². The number of hydrogen-bond acceptors (Lipinski definition) is 3. The highest BCUT2D eigenvalue weighted by molar-refractivity contribution is 5.88. The third-order valence-electron chi connectivity index (χ3n) is 3.43. The van der Waals surface area contributed by atoms with Gasteiger partial charge in [-0.25, -0.2) is 4.98 Å². The highest BCUT2D eigenvalue weighted by atomic mass is 16.5. The van der Waals surface area contributed by atoms with Gasteiger partial charge in [0.25, 0.3) is 0 Å². The fourth-order valence-electron chi connectivity index (χ4n) is 2.32. The van der Waals surface area contributed by atoms with Gasteiger partial charge in [0.1, 0.15) is 5.75 Å². The van der Waals surface area contributed by atoms with Gasteiger partial charge in [0.2, 0.25) is 5.91 Å². The summed E-state index contributed by atoms with van der Waals surface area (Å²) in [5.74, 6) is 0.725. The summed E-state index contributed by atoms with van der Waals surface area (Å²) in [4.78, 5) is 15.6. The second kappa shape index (κ2) is 6.36. The van der Waals surface area contributed by atoms with E-state index in [4.69, 9.17) is 4.74 Å². The fraction of sp³-hybridized carbons (Fsp3) is 0.111. The van der Waals surface area contributed by atoms with E-state index in [2.05, 4.69) is 10.3 Å². The van der Waals surface area contributed by atoms with Crippen molar-refractivity contribution in [1.29, 1.82) is 0 Å². The monoisotopic (exact) mass is 307 g/mol. The zero-order valence-electron chi connectivity index (χ0n) is 13.0. The van der Waals surface area contributed by atoms with Crippen molar-refractivity contribution in [2.24, 2.45) is 0 Å². The molecule has 0 atom stereocenters. The number of nitrogens with zero attached hydrogens (tertiary/aromatic N) is 2. The van der Waals surface area contributed by atoms with E-state index in [1.54, 1.807) is 13.4 Å². The van der Waals surface area contributed by atoms with Crippen molar-refractivity contribution < 1.29 is 9.53 Å². The summed E-state index contributed by atoms with van der Waals surface area (Å²) in [5, 5.41) is 2.78. The van der Waals surface area contributed by atoms with Gasteiger partial charge in [-0.15, -0.1) is 0 Å². The molecule has 1 N–H and O–H groups in total. The van der Waals surface area contributed by atoms with Crippen molar-refractivity contribution >= 4 is 11.6 Å². The first-order valence-corrected chi connectivity index (χ1v) is 7.22. The Labute approximate surface area is 134 Å². The zero-order valence-corrected chi connectivity index (χ0v) is 13.0. The Balaban J connectivity index is 1.87. The van der Waals surface area contributed by atoms with Crippen molar-refractivity contribution in [3.05, 3.63) is 61.1 Å². The molecular formula is C18H17N3O2. The first-order valence-electron chi connectivity index (χ1n) is 7.22. The topological polar surface area (TPSA) is 56.1 Å². The number of benzene rings is 2. The van der Waals surface area contributed by atoms with Crippen LogP contribution in [-0.2, 0) is 4.79 Å². The lowest BCUT2D eigenvalue weighted by Gasteiger charge is -2.06. The first-order chi connectivity index (χ1) is 11.2. The molecule has 0 aliphatic heterocycles. The number of imidazole rings is 1. The minimum Gasteiger partial charge on any atom is -0.497 e. The Morgan fingerprint density at radius 1 is 1.17 bits per heavy atom. The Kier molecular flexibility index (Phi) is 4.10. The van der Waals surface area contributed by atoms with E-state index in [9.17, 15) is 4.79 Å². The molecule has 5 heteroatoms. The normalized spacial score (nSPS) is 10.3. The highest BCUT2D eigenvalue weighted by Crippen LogP contribution is 2.22. The molecule has 0 spiro atoms. The van der Waals surface area contributed by atoms with E-state index < -0.39 is 0 Å². The van der Waals surface area contributed by atoms with Gasteiger partial charge in [-0.3, -0.25) is 4.79 Å². The summed E-state index contributed by atoms with van der Waals surface area (Å²) in [7, 11) is 1.64. The molecule has 116 valence electrons. The van der Waals surface area contributed by atoms with Crippen LogP contribution < -0.4 is 10.1 Å². The summed E-state index contributed by atoms with van der Waals surface area (Å²) < 4.78 is 7.09. The molecule has 1 heterocycles. The molecule has 0 bridgehead atoms. The lowest BCUT2D eigenvalue weighted by Crippen LogP contribution is -2.06. The number of anilines is 1. The van der Waals surface area contributed by atoms with Gasteiger partial charge in [0.05, 0.1) is 19.1 Å². The number of hydrogen-bond donors (Lipinski definition) is 1. The van der Waals surface area contributed by atoms with Crippen LogP contribution in [0.4, 0.5) is 5.69 Å². The standard InChI is InChI=1S/C18H17N3O2/c1-13(22)20-15-4-3-5-16(10-15)21-11-18(19-12-21)14-6-8-17(23-2)9-7-14/h3-12H,1-2H3,(H,20,22). The molecule has 1 amide bonds. The van der Waals surface area contributed by atoms with E-state index in [0.29, 0.717) is 0 Å². The molecule has 0 saturated heterocycles. The molecule has 0 aliphatic carbocycles. The summed E-state index contributed by atoms with van der Waals surface area (Å²) in [6.45, 7) is 1.49. The molecule has 0 aliphatic rings. The second-order valence-electron chi connectivity index (χ2n) is 5.13. The van der Waals surface area contributed by atoms with Crippen molar-refractivity contribution in [3.8, 4) is 22.7 Å². The molecule has 1 aromatic heterocycles. The quantitative estimate of drug-likeness (QED) is 0.802. The number of nitrogens with one attached hydrogen (secondary N) is 1. The van der Waals surface area contributed by atoms with Gasteiger partial charge in [-0.1, -0.05) is 6.07 Å². The number of aromatic nitrogens is 2. The van der Waals surface area contributed by atoms with Crippen LogP contribution in [0.1, 0.15) is 6.92 Å². The number of methoxy groups -OCH3 is 1. The second-order valence-corrected chi connectivity index (χ2v) is 5.13. The first kappa shape index (κ1) is 14.8. The van der Waals surface area contributed by atoms with Crippen LogP contribution in [0.25, 0.3) is 16.9 Å². The Hall–Kier alpha value is -3.08. The Morgan fingerprint density at radius 3 is 2.65 bits per heavy atom. The summed E-state index contributed by atoms with van der Waals surface area (Å²) in [6, 6.07) is 15.4. The van der Waals surface area contributed by atoms with Crippen molar-refractivity contribution in [1.82, 2.24) is 9.55 Å². The van der Waals surface area contributed by atoms with E-state index in [-0.39, 0.29) is 5.91 Å². The molecule has 3 rings (SSSR count). The van der Waals surface area contributed by atoms with E-state index in [0.717, 1.165) is 28.4 Å². The Bertz CT molecular complexity index is 822. The van der Waals surface area contributed by atoms with Gasteiger partial charge in [0, 0.05) is 30.1 Å². The highest BCUT2D eigenvalue weighted by Gasteiger charge is 2.05. The molecule has 0 radical (unpaired) electrons. The summed E-state index contributed by atoms with van der Waals surface area (Å²) in [5.41, 5.74) is 3.58. The van der Waals surface area contributed by atoms with Crippen LogP contribution >= 0.6 is 0 Å². The van der Waals surface area contributed by atoms with Crippen LogP contribution in [-0.4, -0.2) is 22.6 Å². The molecule has 0 saturated carbocycles. The van der Waals surface area contributed by atoms with Gasteiger partial charge in [0.15, 0.2) is 0 Å². The van der Waals surface area contributed by atoms with Gasteiger partial charge < -0.3 is 14.6 Å². The predicted molar refractivity (Wildman–Crippen MR) is 89.9 cm³/mol. The summed E-state index contributed by atoms with van der Waals surface area (Å²) >= 11 is 0. The third-order valence-corrected chi connectivity index (χ3v) is 3.43. The van der Waals surface area contributed by atoms with Gasteiger partial charge >= 0.3 is 0 Å². The third kappa shape index (κ3) is 3.40. The number of carbonyl (C=O) groups is 1. The molecule has 2 aromatic carbocycles. The maximum atomic E-state index is 11.2. The fourth-order valence-corrected chi connectivity index (χ4v) is 2.32.